The van der Waals surface area contributed by atoms with Crippen LogP contribution in [0.5, 0.6) is 0 Å². The number of ketones is 1. The molecular formula is C5H8Br2O2. The van der Waals surface area contributed by atoms with Gasteiger partial charge in [-0.05, 0) is 6.92 Å². The molecule has 0 aromatic heterocycles. The minimum absolute atomic E-state index is 0.0174. The lowest BCUT2D eigenvalue weighted by Crippen LogP contribution is -2.22. The number of carbonyl (C=O) groups excluding carboxylic acids is 1. The van der Waals surface area contributed by atoms with E-state index in [9.17, 15) is 4.79 Å². The molecule has 2 unspecified atom stereocenters. The second-order valence-electron chi connectivity index (χ2n) is 1.74. The summed E-state index contributed by atoms with van der Waals surface area (Å²) in [5.41, 5.74) is 0. The summed E-state index contributed by atoms with van der Waals surface area (Å²) < 4.78 is 0. The first kappa shape index (κ1) is 9.59. The first-order chi connectivity index (χ1) is 4.09. The van der Waals surface area contributed by atoms with Crippen molar-refractivity contribution in [3.63, 3.8) is 0 Å². The van der Waals surface area contributed by atoms with Gasteiger partial charge >= 0.3 is 0 Å². The Morgan fingerprint density at radius 2 is 2.22 bits per heavy atom. The van der Waals surface area contributed by atoms with Gasteiger partial charge in [0.2, 0.25) is 0 Å². The lowest BCUT2D eigenvalue weighted by Gasteiger charge is -2.10. The minimum Gasteiger partial charge on any atom is -0.381 e. The molecule has 54 valence electrons. The van der Waals surface area contributed by atoms with E-state index >= 15 is 0 Å². The zero-order valence-corrected chi connectivity index (χ0v) is 8.15. The van der Waals surface area contributed by atoms with E-state index in [1.54, 1.807) is 0 Å². The smallest absolute Gasteiger partial charge is 0.137 e. The van der Waals surface area contributed by atoms with Crippen LogP contribution in [0, 0.1) is 5.92 Å². The molecule has 0 aromatic carbocycles. The van der Waals surface area contributed by atoms with Gasteiger partial charge in [-0.1, -0.05) is 31.9 Å². The van der Waals surface area contributed by atoms with Crippen molar-refractivity contribution in [1.29, 1.82) is 0 Å². The maximum atomic E-state index is 10.6. The van der Waals surface area contributed by atoms with Crippen LogP contribution in [0.4, 0.5) is 0 Å². The van der Waals surface area contributed by atoms with Crippen LogP contribution in [-0.2, 0) is 4.79 Å². The van der Waals surface area contributed by atoms with Gasteiger partial charge in [-0.15, -0.1) is 0 Å². The maximum absolute atomic E-state index is 10.6. The molecule has 0 spiro atoms. The molecule has 0 rings (SSSR count). The summed E-state index contributed by atoms with van der Waals surface area (Å²) in [5.74, 6) is -0.346. The van der Waals surface area contributed by atoms with E-state index in [0.29, 0.717) is 5.33 Å². The fourth-order valence-electron chi connectivity index (χ4n) is 0.376. The molecule has 0 aliphatic heterocycles. The van der Waals surface area contributed by atoms with Crippen LogP contribution in [0.2, 0.25) is 0 Å². The second-order valence-corrected chi connectivity index (χ2v) is 3.33. The van der Waals surface area contributed by atoms with Gasteiger partial charge in [-0.2, -0.15) is 0 Å². The average Bonchev–Trinajstić information content (AvgIpc) is 1.64. The molecule has 4 heteroatoms. The highest BCUT2D eigenvalue weighted by atomic mass is 79.9. The van der Waals surface area contributed by atoms with Crippen LogP contribution in [0.15, 0.2) is 0 Å². The minimum atomic E-state index is -0.727. The van der Waals surface area contributed by atoms with Gasteiger partial charge in [0.15, 0.2) is 0 Å². The third-order valence-corrected chi connectivity index (χ3v) is 2.36. The van der Waals surface area contributed by atoms with Crippen molar-refractivity contribution < 1.29 is 9.90 Å². The molecular weight excluding hydrogens is 252 g/mol. The van der Waals surface area contributed by atoms with Crippen LogP contribution in [0.3, 0.4) is 0 Å². The number of aliphatic hydroxyl groups excluding tert-OH is 1. The third-order valence-electron chi connectivity index (χ3n) is 1.02. The Morgan fingerprint density at radius 1 is 1.78 bits per heavy atom. The molecule has 0 aliphatic carbocycles. The number of halogens is 2. The normalized spacial score (nSPS) is 16.9. The van der Waals surface area contributed by atoms with Crippen molar-refractivity contribution in [2.75, 3.05) is 5.33 Å². The third kappa shape index (κ3) is 3.33. The highest BCUT2D eigenvalue weighted by Crippen LogP contribution is 2.13. The molecule has 0 amide bonds. The van der Waals surface area contributed by atoms with Gasteiger partial charge in [0.05, 0.1) is 5.92 Å². The van der Waals surface area contributed by atoms with Crippen LogP contribution in [0.25, 0.3) is 0 Å². The zero-order chi connectivity index (χ0) is 7.44. The van der Waals surface area contributed by atoms with E-state index in [1.165, 1.54) is 6.92 Å². The number of hydrogen-bond donors (Lipinski definition) is 1. The lowest BCUT2D eigenvalue weighted by molar-refractivity contribution is -0.121. The van der Waals surface area contributed by atoms with Gasteiger partial charge in [-0.25, -0.2) is 0 Å². The van der Waals surface area contributed by atoms with E-state index in [0.717, 1.165) is 0 Å². The van der Waals surface area contributed by atoms with E-state index in [1.807, 2.05) is 0 Å². The summed E-state index contributed by atoms with van der Waals surface area (Å²) in [6, 6.07) is 0. The van der Waals surface area contributed by atoms with Crippen molar-refractivity contribution >= 4 is 37.6 Å². The van der Waals surface area contributed by atoms with Crippen LogP contribution >= 0.6 is 31.9 Å². The van der Waals surface area contributed by atoms with Crippen molar-refractivity contribution in [1.82, 2.24) is 0 Å². The number of carbonyl (C=O) groups is 1. The average molecular weight is 260 g/mol. The predicted octanol–water partition coefficient (Wildman–Crippen LogP) is 1.30. The summed E-state index contributed by atoms with van der Waals surface area (Å²) in [4.78, 5) is 10.6. The Bertz CT molecular complexity index is 103. The summed E-state index contributed by atoms with van der Waals surface area (Å²) in [6.45, 7) is 1.45. The number of alkyl halides is 2. The molecule has 0 fully saturated rings. The predicted molar refractivity (Wildman–Crippen MR) is 42.9 cm³/mol. The van der Waals surface area contributed by atoms with Gasteiger partial charge in [0.1, 0.15) is 10.8 Å². The summed E-state index contributed by atoms with van der Waals surface area (Å²) in [7, 11) is 0. The highest BCUT2D eigenvalue weighted by molar-refractivity contribution is 9.10. The van der Waals surface area contributed by atoms with Crippen LogP contribution < -0.4 is 0 Å². The SMILES string of the molecule is CC(=O)C(CBr)C(O)Br. The molecule has 0 aromatic rings. The largest absolute Gasteiger partial charge is 0.381 e. The Hall–Kier alpha value is 0.590. The van der Waals surface area contributed by atoms with Crippen molar-refractivity contribution in [3.8, 4) is 0 Å². The number of Topliss-reactive ketones (excluding diaryl/α,β-unsaturated/α-hetero) is 1. The number of rotatable bonds is 3. The summed E-state index contributed by atoms with van der Waals surface area (Å²) in [6.07, 6.45) is 0. The first-order valence-corrected chi connectivity index (χ1v) is 4.52. The van der Waals surface area contributed by atoms with E-state index in [-0.39, 0.29) is 11.7 Å². The standard InChI is InChI=1S/C5H8Br2O2/c1-3(8)4(2-6)5(7)9/h4-5,9H,2H2,1H3. The van der Waals surface area contributed by atoms with E-state index in [2.05, 4.69) is 31.9 Å². The van der Waals surface area contributed by atoms with Gasteiger partial charge in [0, 0.05) is 5.33 Å². The quantitative estimate of drug-likeness (QED) is 0.776. The van der Waals surface area contributed by atoms with E-state index < -0.39 is 5.01 Å². The molecule has 2 atom stereocenters. The van der Waals surface area contributed by atoms with Gasteiger partial charge < -0.3 is 5.11 Å². The molecule has 0 heterocycles. The fraction of sp³-hybridized carbons (Fsp3) is 0.800. The fourth-order valence-corrected chi connectivity index (χ4v) is 2.25. The highest BCUT2D eigenvalue weighted by Gasteiger charge is 2.18. The molecule has 0 radical (unpaired) electrons. The van der Waals surface area contributed by atoms with Crippen molar-refractivity contribution in [3.05, 3.63) is 0 Å². The zero-order valence-electron chi connectivity index (χ0n) is 4.97. The summed E-state index contributed by atoms with van der Waals surface area (Å²) >= 11 is 6.01. The Balaban J connectivity index is 3.83. The van der Waals surface area contributed by atoms with Gasteiger partial charge in [0.25, 0.3) is 0 Å². The monoisotopic (exact) mass is 258 g/mol. The number of aliphatic hydroxyl groups is 1. The second kappa shape index (κ2) is 4.41. The van der Waals surface area contributed by atoms with Gasteiger partial charge in [-0.3, -0.25) is 4.79 Å². The van der Waals surface area contributed by atoms with Crippen LogP contribution in [-0.4, -0.2) is 21.2 Å². The van der Waals surface area contributed by atoms with Crippen molar-refractivity contribution in [2.45, 2.75) is 11.9 Å². The number of hydrogen-bond acceptors (Lipinski definition) is 2. The molecule has 0 saturated heterocycles. The Labute approximate surface area is 70.9 Å². The summed E-state index contributed by atoms with van der Waals surface area (Å²) in [5, 5.41) is 8.62. The Morgan fingerprint density at radius 3 is 2.22 bits per heavy atom. The Kier molecular flexibility index (Phi) is 4.70. The van der Waals surface area contributed by atoms with E-state index in [4.69, 9.17) is 5.11 Å². The molecule has 0 aliphatic rings. The molecule has 1 N–H and O–H groups in total. The molecule has 0 saturated carbocycles. The van der Waals surface area contributed by atoms with Crippen LogP contribution in [0.1, 0.15) is 6.92 Å². The maximum Gasteiger partial charge on any atom is 0.137 e. The molecule has 0 bridgehead atoms. The molecule has 2 nitrogen and oxygen atoms in total. The van der Waals surface area contributed by atoms with Crippen molar-refractivity contribution in [2.24, 2.45) is 5.92 Å². The lowest BCUT2D eigenvalue weighted by atomic mass is 10.1. The first-order valence-electron chi connectivity index (χ1n) is 2.48. The topological polar surface area (TPSA) is 37.3 Å². The molecule has 9 heavy (non-hydrogen) atoms.